The molecule has 1 atom stereocenters. The van der Waals surface area contributed by atoms with Crippen molar-refractivity contribution in [1.29, 1.82) is 0 Å². The van der Waals surface area contributed by atoms with E-state index in [9.17, 15) is 0 Å². The molecule has 112 valence electrons. The fourth-order valence-electron chi connectivity index (χ4n) is 2.44. The van der Waals surface area contributed by atoms with Gasteiger partial charge in [-0.25, -0.2) is 0 Å². The SMILES string of the molecule is CCNC(C)c1ccc(-c2ccccc2OC(C)C)cc1. The number of ether oxygens (including phenoxy) is 1. The van der Waals surface area contributed by atoms with Gasteiger partial charge in [0.25, 0.3) is 0 Å². The molecule has 0 bridgehead atoms. The molecule has 1 N–H and O–H groups in total. The predicted octanol–water partition coefficient (Wildman–Crippen LogP) is 4.81. The van der Waals surface area contributed by atoms with Crippen LogP contribution in [-0.2, 0) is 0 Å². The highest BCUT2D eigenvalue weighted by molar-refractivity contribution is 5.70. The summed E-state index contributed by atoms with van der Waals surface area (Å²) in [6, 6.07) is 17.3. The molecule has 2 aromatic rings. The summed E-state index contributed by atoms with van der Waals surface area (Å²) in [6.45, 7) is 9.41. The molecule has 2 heteroatoms. The number of hydrogen-bond acceptors (Lipinski definition) is 2. The van der Waals surface area contributed by atoms with Crippen molar-refractivity contribution in [2.75, 3.05) is 6.54 Å². The van der Waals surface area contributed by atoms with Gasteiger partial charge in [0.05, 0.1) is 6.10 Å². The summed E-state index contributed by atoms with van der Waals surface area (Å²) in [5.41, 5.74) is 3.65. The van der Waals surface area contributed by atoms with Crippen LogP contribution in [0, 0.1) is 0 Å². The third-order valence-corrected chi connectivity index (χ3v) is 3.48. The molecule has 21 heavy (non-hydrogen) atoms. The zero-order chi connectivity index (χ0) is 15.2. The van der Waals surface area contributed by atoms with Gasteiger partial charge in [-0.1, -0.05) is 49.4 Å². The molecule has 0 heterocycles. The standard InChI is InChI=1S/C19H25NO/c1-5-20-15(4)16-10-12-17(13-11-16)18-8-6-7-9-19(18)21-14(2)3/h6-15,20H,5H2,1-4H3. The van der Waals surface area contributed by atoms with Crippen molar-refractivity contribution in [3.8, 4) is 16.9 Å². The molecule has 0 fully saturated rings. The molecule has 0 spiro atoms. The molecule has 2 nitrogen and oxygen atoms in total. The van der Waals surface area contributed by atoms with Crippen molar-refractivity contribution in [2.45, 2.75) is 39.8 Å². The maximum Gasteiger partial charge on any atom is 0.127 e. The summed E-state index contributed by atoms with van der Waals surface area (Å²) < 4.78 is 5.90. The van der Waals surface area contributed by atoms with Gasteiger partial charge in [-0.3, -0.25) is 0 Å². The highest BCUT2D eigenvalue weighted by Crippen LogP contribution is 2.31. The van der Waals surface area contributed by atoms with Crippen molar-refractivity contribution < 1.29 is 4.74 Å². The number of hydrogen-bond donors (Lipinski definition) is 1. The van der Waals surface area contributed by atoms with E-state index in [0.29, 0.717) is 6.04 Å². The summed E-state index contributed by atoms with van der Waals surface area (Å²) in [4.78, 5) is 0. The van der Waals surface area contributed by atoms with Gasteiger partial charge in [-0.05, 0) is 44.5 Å². The Morgan fingerprint density at radius 2 is 1.62 bits per heavy atom. The molecule has 0 saturated heterocycles. The van der Waals surface area contributed by atoms with E-state index in [1.165, 1.54) is 11.1 Å². The Labute approximate surface area is 128 Å². The molecule has 0 aliphatic rings. The van der Waals surface area contributed by atoms with Crippen LogP contribution in [0.3, 0.4) is 0 Å². The Bertz CT molecular complexity index is 560. The van der Waals surface area contributed by atoms with E-state index >= 15 is 0 Å². The molecule has 2 aromatic carbocycles. The van der Waals surface area contributed by atoms with Crippen molar-refractivity contribution in [3.05, 3.63) is 54.1 Å². The first-order valence-electron chi connectivity index (χ1n) is 7.71. The van der Waals surface area contributed by atoms with Crippen LogP contribution in [0.25, 0.3) is 11.1 Å². The van der Waals surface area contributed by atoms with Crippen LogP contribution in [0.1, 0.15) is 39.3 Å². The molecule has 2 rings (SSSR count). The summed E-state index contributed by atoms with van der Waals surface area (Å²) in [6.07, 6.45) is 0.180. The number of nitrogens with one attached hydrogen (secondary N) is 1. The van der Waals surface area contributed by atoms with Crippen LogP contribution < -0.4 is 10.1 Å². The Balaban J connectivity index is 2.26. The molecular weight excluding hydrogens is 258 g/mol. The second kappa shape index (κ2) is 7.28. The minimum absolute atomic E-state index is 0.180. The molecule has 0 radical (unpaired) electrons. The lowest BCUT2D eigenvalue weighted by molar-refractivity contribution is 0.243. The number of rotatable bonds is 6. The van der Waals surface area contributed by atoms with Crippen molar-refractivity contribution in [3.63, 3.8) is 0 Å². The lowest BCUT2D eigenvalue weighted by atomic mass is 10.0. The number of benzene rings is 2. The summed E-state index contributed by atoms with van der Waals surface area (Å²) in [7, 11) is 0. The third kappa shape index (κ3) is 4.08. The maximum absolute atomic E-state index is 5.90. The molecular formula is C19H25NO. The van der Waals surface area contributed by atoms with Crippen molar-refractivity contribution in [2.24, 2.45) is 0 Å². The summed E-state index contributed by atoms with van der Waals surface area (Å²) >= 11 is 0. The lowest BCUT2D eigenvalue weighted by Gasteiger charge is -2.16. The smallest absolute Gasteiger partial charge is 0.127 e. The van der Waals surface area contributed by atoms with Crippen LogP contribution in [0.2, 0.25) is 0 Å². The largest absolute Gasteiger partial charge is 0.490 e. The van der Waals surface area contributed by atoms with Crippen LogP contribution in [0.4, 0.5) is 0 Å². The zero-order valence-electron chi connectivity index (χ0n) is 13.4. The van der Waals surface area contributed by atoms with E-state index in [1.54, 1.807) is 0 Å². The minimum Gasteiger partial charge on any atom is -0.490 e. The Morgan fingerprint density at radius 1 is 0.952 bits per heavy atom. The van der Waals surface area contributed by atoms with Gasteiger partial charge >= 0.3 is 0 Å². The summed E-state index contributed by atoms with van der Waals surface area (Å²) in [5, 5.41) is 3.43. The van der Waals surface area contributed by atoms with Crippen LogP contribution in [0.5, 0.6) is 5.75 Å². The average molecular weight is 283 g/mol. The predicted molar refractivity (Wildman–Crippen MR) is 89.7 cm³/mol. The van der Waals surface area contributed by atoms with Crippen molar-refractivity contribution >= 4 is 0 Å². The van der Waals surface area contributed by atoms with E-state index in [2.05, 4.69) is 69.4 Å². The normalized spacial score (nSPS) is 12.4. The van der Waals surface area contributed by atoms with Gasteiger partial charge in [0.2, 0.25) is 0 Å². The van der Waals surface area contributed by atoms with Gasteiger partial charge in [0.15, 0.2) is 0 Å². The monoisotopic (exact) mass is 283 g/mol. The van der Waals surface area contributed by atoms with Gasteiger partial charge in [-0.15, -0.1) is 0 Å². The first kappa shape index (κ1) is 15.6. The third-order valence-electron chi connectivity index (χ3n) is 3.48. The maximum atomic E-state index is 5.90. The Hall–Kier alpha value is -1.80. The molecule has 0 aromatic heterocycles. The average Bonchev–Trinajstić information content (AvgIpc) is 2.48. The quantitative estimate of drug-likeness (QED) is 0.821. The van der Waals surface area contributed by atoms with E-state index < -0.39 is 0 Å². The first-order valence-corrected chi connectivity index (χ1v) is 7.71. The molecule has 0 amide bonds. The van der Waals surface area contributed by atoms with Crippen LogP contribution in [0.15, 0.2) is 48.5 Å². The Kier molecular flexibility index (Phi) is 5.40. The topological polar surface area (TPSA) is 21.3 Å². The molecule has 0 saturated carbocycles. The molecule has 0 aliphatic carbocycles. The first-order chi connectivity index (χ1) is 10.1. The zero-order valence-corrected chi connectivity index (χ0v) is 13.4. The fourth-order valence-corrected chi connectivity index (χ4v) is 2.44. The van der Waals surface area contributed by atoms with E-state index in [4.69, 9.17) is 4.74 Å². The minimum atomic E-state index is 0.180. The number of para-hydroxylation sites is 1. The second-order valence-electron chi connectivity index (χ2n) is 5.56. The highest BCUT2D eigenvalue weighted by atomic mass is 16.5. The van der Waals surface area contributed by atoms with E-state index in [0.717, 1.165) is 17.9 Å². The Morgan fingerprint density at radius 3 is 2.24 bits per heavy atom. The second-order valence-corrected chi connectivity index (χ2v) is 5.56. The van der Waals surface area contributed by atoms with Crippen LogP contribution in [-0.4, -0.2) is 12.6 Å². The van der Waals surface area contributed by atoms with Crippen molar-refractivity contribution in [1.82, 2.24) is 5.32 Å². The lowest BCUT2D eigenvalue weighted by Crippen LogP contribution is -2.17. The summed E-state index contributed by atoms with van der Waals surface area (Å²) in [5.74, 6) is 0.944. The van der Waals surface area contributed by atoms with Crippen LogP contribution >= 0.6 is 0 Å². The molecule has 1 unspecified atom stereocenters. The van der Waals surface area contributed by atoms with E-state index in [1.807, 2.05) is 12.1 Å². The van der Waals surface area contributed by atoms with Gasteiger partial charge in [0.1, 0.15) is 5.75 Å². The fraction of sp³-hybridized carbons (Fsp3) is 0.368. The van der Waals surface area contributed by atoms with Gasteiger partial charge < -0.3 is 10.1 Å². The van der Waals surface area contributed by atoms with Gasteiger partial charge in [0, 0.05) is 11.6 Å². The highest BCUT2D eigenvalue weighted by Gasteiger charge is 2.08. The van der Waals surface area contributed by atoms with E-state index in [-0.39, 0.29) is 6.10 Å². The van der Waals surface area contributed by atoms with Gasteiger partial charge in [-0.2, -0.15) is 0 Å². The molecule has 0 aliphatic heterocycles.